The topological polar surface area (TPSA) is 104 Å². The third-order valence-corrected chi connectivity index (χ3v) is 9.63. The molecule has 8 nitrogen and oxygen atoms in total. The number of hydrogen-bond acceptors (Lipinski definition) is 7. The maximum atomic E-state index is 12.8. The molecule has 1 saturated heterocycles. The van der Waals surface area contributed by atoms with Crippen molar-refractivity contribution < 1.29 is 8.42 Å². The fourth-order valence-corrected chi connectivity index (χ4v) is 6.67. The number of anilines is 1. The Morgan fingerprint density at radius 2 is 1.97 bits per heavy atom. The van der Waals surface area contributed by atoms with E-state index in [-0.39, 0.29) is 16.5 Å². The first-order valence-corrected chi connectivity index (χ1v) is 13.1. The second-order valence-corrected chi connectivity index (χ2v) is 12.3. The van der Waals surface area contributed by atoms with E-state index in [4.69, 9.17) is 0 Å². The van der Waals surface area contributed by atoms with Gasteiger partial charge in [0.15, 0.2) is 15.7 Å². The lowest BCUT2D eigenvalue weighted by Gasteiger charge is -2.39. The molecule has 2 fully saturated rings. The molecule has 0 amide bonds. The maximum absolute atomic E-state index is 12.8. The molecule has 0 aromatic carbocycles. The highest BCUT2D eigenvalue weighted by Crippen LogP contribution is 2.46. The summed E-state index contributed by atoms with van der Waals surface area (Å²) >= 11 is 0. The number of piperidine rings is 1. The van der Waals surface area contributed by atoms with Gasteiger partial charge >= 0.3 is 0 Å². The van der Waals surface area contributed by atoms with Gasteiger partial charge in [-0.15, -0.1) is 0 Å². The first-order valence-electron chi connectivity index (χ1n) is 11.5. The number of hydrogen-bond donors (Lipinski definition) is 0. The molecule has 3 aromatic rings. The Hall–Kier alpha value is -2.99. The summed E-state index contributed by atoms with van der Waals surface area (Å²) in [4.78, 5) is 11.4. The molecule has 172 valence electrons. The van der Waals surface area contributed by atoms with Gasteiger partial charge in [0.25, 0.3) is 0 Å². The third-order valence-electron chi connectivity index (χ3n) is 6.95. The van der Waals surface area contributed by atoms with E-state index in [1.54, 1.807) is 38.5 Å². The van der Waals surface area contributed by atoms with Crippen LogP contribution in [-0.2, 0) is 9.84 Å². The number of nitriles is 1. The van der Waals surface area contributed by atoms with Crippen LogP contribution in [0.15, 0.2) is 30.7 Å². The normalized spacial score (nSPS) is 21.5. The number of fused-ring (bicyclic) bond motifs is 1. The van der Waals surface area contributed by atoms with Crippen LogP contribution in [0.2, 0.25) is 0 Å². The minimum absolute atomic E-state index is 0.0430. The predicted molar refractivity (Wildman–Crippen MR) is 127 cm³/mol. The molecule has 1 saturated carbocycles. The predicted octanol–water partition coefficient (Wildman–Crippen LogP) is 3.72. The van der Waals surface area contributed by atoms with E-state index in [2.05, 4.69) is 39.0 Å². The second-order valence-electron chi connectivity index (χ2n) is 9.47. The Balaban J connectivity index is 1.58. The molecule has 9 heteroatoms. The second kappa shape index (κ2) is 8.10. The molecule has 0 unspecified atom stereocenters. The highest BCUT2D eigenvalue weighted by atomic mass is 32.2. The molecular formula is C24H28N6O2S. The first kappa shape index (κ1) is 21.8. The summed E-state index contributed by atoms with van der Waals surface area (Å²) in [6.45, 7) is 6.25. The molecule has 0 spiro atoms. The van der Waals surface area contributed by atoms with Crippen LogP contribution in [0.4, 0.5) is 5.82 Å². The minimum Gasteiger partial charge on any atom is -0.352 e. The van der Waals surface area contributed by atoms with Gasteiger partial charge in [0.2, 0.25) is 0 Å². The van der Waals surface area contributed by atoms with Crippen molar-refractivity contribution in [3.8, 4) is 17.5 Å². The van der Waals surface area contributed by atoms with Crippen LogP contribution in [0.1, 0.15) is 63.5 Å². The van der Waals surface area contributed by atoms with Gasteiger partial charge in [-0.05, 0) is 76.1 Å². The SMILES string of the molecule is CC(C)S(=O)(=O)[C@H]1CCN(c2ncnn3c(-c4cc(C#N)ccn4)cc(C4CC4)c23)[C@@H](C)C1. The average molecular weight is 465 g/mol. The fourth-order valence-electron chi connectivity index (χ4n) is 4.92. The van der Waals surface area contributed by atoms with Gasteiger partial charge in [0.1, 0.15) is 11.8 Å². The van der Waals surface area contributed by atoms with Crippen molar-refractivity contribution in [3.63, 3.8) is 0 Å². The molecule has 33 heavy (non-hydrogen) atoms. The quantitative estimate of drug-likeness (QED) is 0.567. The highest BCUT2D eigenvalue weighted by molar-refractivity contribution is 7.92. The Morgan fingerprint density at radius 1 is 1.18 bits per heavy atom. The van der Waals surface area contributed by atoms with Gasteiger partial charge in [-0.3, -0.25) is 4.98 Å². The third kappa shape index (κ3) is 3.76. The molecule has 0 N–H and O–H groups in total. The van der Waals surface area contributed by atoms with Crippen LogP contribution in [0.5, 0.6) is 0 Å². The molecule has 2 atom stereocenters. The number of pyridine rings is 1. The zero-order valence-electron chi connectivity index (χ0n) is 19.1. The van der Waals surface area contributed by atoms with Crippen LogP contribution < -0.4 is 4.90 Å². The van der Waals surface area contributed by atoms with E-state index in [9.17, 15) is 13.7 Å². The van der Waals surface area contributed by atoms with E-state index in [0.29, 0.717) is 36.6 Å². The minimum atomic E-state index is -3.13. The maximum Gasteiger partial charge on any atom is 0.157 e. The van der Waals surface area contributed by atoms with Crippen molar-refractivity contribution in [3.05, 3.63) is 41.9 Å². The van der Waals surface area contributed by atoms with Crippen LogP contribution >= 0.6 is 0 Å². The van der Waals surface area contributed by atoms with E-state index in [1.807, 2.05) is 4.52 Å². The molecule has 1 aliphatic carbocycles. The summed E-state index contributed by atoms with van der Waals surface area (Å²) in [6, 6.07) is 7.83. The smallest absolute Gasteiger partial charge is 0.157 e. The summed E-state index contributed by atoms with van der Waals surface area (Å²) in [5, 5.41) is 13.2. The van der Waals surface area contributed by atoms with Gasteiger partial charge in [-0.2, -0.15) is 10.4 Å². The molecule has 1 aliphatic heterocycles. The summed E-state index contributed by atoms with van der Waals surface area (Å²) in [5.41, 5.74) is 4.28. The Labute approximate surface area is 194 Å². The van der Waals surface area contributed by atoms with Crippen molar-refractivity contribution in [2.45, 2.75) is 68.9 Å². The zero-order valence-corrected chi connectivity index (χ0v) is 20.0. The summed E-state index contributed by atoms with van der Waals surface area (Å²) in [7, 11) is -3.13. The van der Waals surface area contributed by atoms with E-state index in [0.717, 1.165) is 29.9 Å². The van der Waals surface area contributed by atoms with Crippen molar-refractivity contribution in [1.29, 1.82) is 5.26 Å². The average Bonchev–Trinajstić information content (AvgIpc) is 3.58. The van der Waals surface area contributed by atoms with Crippen molar-refractivity contribution in [2.24, 2.45) is 0 Å². The van der Waals surface area contributed by atoms with E-state index >= 15 is 0 Å². The summed E-state index contributed by atoms with van der Waals surface area (Å²) in [6.07, 6.45) is 6.65. The lowest BCUT2D eigenvalue weighted by atomic mass is 10.0. The van der Waals surface area contributed by atoms with E-state index < -0.39 is 9.84 Å². The van der Waals surface area contributed by atoms with Gasteiger partial charge in [-0.1, -0.05) is 0 Å². The summed E-state index contributed by atoms with van der Waals surface area (Å²) < 4.78 is 27.4. The van der Waals surface area contributed by atoms with E-state index in [1.165, 1.54) is 5.56 Å². The lowest BCUT2D eigenvalue weighted by Crippen LogP contribution is -2.47. The number of nitrogens with zero attached hydrogens (tertiary/aromatic N) is 6. The van der Waals surface area contributed by atoms with Crippen LogP contribution in [0, 0.1) is 11.3 Å². The van der Waals surface area contributed by atoms with Crippen LogP contribution in [0.25, 0.3) is 16.9 Å². The zero-order chi connectivity index (χ0) is 23.3. The Kier molecular flexibility index (Phi) is 5.36. The number of rotatable bonds is 5. The van der Waals surface area contributed by atoms with Gasteiger partial charge in [-0.25, -0.2) is 17.9 Å². The molecule has 5 rings (SSSR count). The fraction of sp³-hybridized carbons (Fsp3) is 0.500. The van der Waals surface area contributed by atoms with Gasteiger partial charge in [0.05, 0.1) is 33.5 Å². The lowest BCUT2D eigenvalue weighted by molar-refractivity contribution is 0.464. The Bertz CT molecular complexity index is 1350. The largest absolute Gasteiger partial charge is 0.352 e. The molecule has 0 radical (unpaired) electrons. The molecular weight excluding hydrogens is 436 g/mol. The van der Waals surface area contributed by atoms with Crippen LogP contribution in [0.3, 0.4) is 0 Å². The molecule has 2 aliphatic rings. The Morgan fingerprint density at radius 3 is 2.64 bits per heavy atom. The number of aromatic nitrogens is 4. The molecule has 4 heterocycles. The summed E-state index contributed by atoms with van der Waals surface area (Å²) in [5.74, 6) is 1.31. The van der Waals surface area contributed by atoms with Crippen molar-refractivity contribution >= 4 is 21.2 Å². The van der Waals surface area contributed by atoms with Crippen molar-refractivity contribution in [2.75, 3.05) is 11.4 Å². The first-order chi connectivity index (χ1) is 15.8. The number of sulfone groups is 1. The van der Waals surface area contributed by atoms with Crippen LogP contribution in [-0.4, -0.2) is 51.1 Å². The van der Waals surface area contributed by atoms with Gasteiger partial charge < -0.3 is 4.90 Å². The van der Waals surface area contributed by atoms with Crippen molar-refractivity contribution in [1.82, 2.24) is 19.6 Å². The van der Waals surface area contributed by atoms with Gasteiger partial charge in [0, 0.05) is 18.8 Å². The molecule has 0 bridgehead atoms. The molecule has 3 aromatic heterocycles. The standard InChI is InChI=1S/C24H28N6O2S/c1-15(2)33(31,32)19-7-9-29(16(3)10-19)24-23-20(18-4-5-18)12-22(30(23)28-14-27-24)21-11-17(13-25)6-8-26-21/h6,8,11-12,14-16,18-19H,4-5,7,9-10H2,1-3H3/t16-,19-/m0/s1. The monoisotopic (exact) mass is 464 g/mol. The highest BCUT2D eigenvalue weighted by Gasteiger charge is 2.38.